The Morgan fingerprint density at radius 1 is 0.912 bits per heavy atom. The molecule has 1 aromatic rings. The molecule has 0 aromatic heterocycles. The number of hydrogen-bond donors (Lipinski definition) is 2. The van der Waals surface area contributed by atoms with E-state index in [9.17, 15) is 35.9 Å². The number of halogens is 6. The van der Waals surface area contributed by atoms with Crippen molar-refractivity contribution in [2.75, 3.05) is 39.4 Å². The molecule has 1 saturated heterocycles. The van der Waals surface area contributed by atoms with E-state index >= 15 is 0 Å². The quantitative estimate of drug-likeness (QED) is 0.594. The van der Waals surface area contributed by atoms with Crippen molar-refractivity contribution in [2.45, 2.75) is 44.1 Å². The summed E-state index contributed by atoms with van der Waals surface area (Å²) in [5.74, 6) is -0.700. The summed E-state index contributed by atoms with van der Waals surface area (Å²) in [7, 11) is 0. The molecule has 3 rings (SSSR count). The highest BCUT2D eigenvalue weighted by Crippen LogP contribution is 2.36. The average molecular weight is 495 g/mol. The third kappa shape index (κ3) is 7.33. The molecule has 34 heavy (non-hydrogen) atoms. The first-order chi connectivity index (χ1) is 15.9. The Bertz CT molecular complexity index is 828. The van der Waals surface area contributed by atoms with E-state index in [0.717, 1.165) is 0 Å². The van der Waals surface area contributed by atoms with Crippen LogP contribution in [-0.4, -0.2) is 62.1 Å². The molecule has 0 atom stereocenters. The van der Waals surface area contributed by atoms with Crippen molar-refractivity contribution >= 4 is 11.8 Å². The number of ether oxygens (including phenoxy) is 1. The van der Waals surface area contributed by atoms with Crippen LogP contribution < -0.4 is 10.6 Å². The second-order valence-corrected chi connectivity index (χ2v) is 8.61. The lowest BCUT2D eigenvalue weighted by Gasteiger charge is -2.30. The van der Waals surface area contributed by atoms with E-state index < -0.39 is 35.0 Å². The Kier molecular flexibility index (Phi) is 8.45. The molecule has 0 bridgehead atoms. The zero-order valence-corrected chi connectivity index (χ0v) is 18.4. The Hall–Kier alpha value is -2.34. The van der Waals surface area contributed by atoms with Crippen LogP contribution in [0.1, 0.15) is 47.2 Å². The van der Waals surface area contributed by atoms with Gasteiger partial charge < -0.3 is 20.3 Å². The van der Waals surface area contributed by atoms with E-state index in [1.54, 1.807) is 4.90 Å². The van der Waals surface area contributed by atoms with Crippen LogP contribution in [-0.2, 0) is 21.9 Å². The number of benzene rings is 1. The number of morpholine rings is 1. The van der Waals surface area contributed by atoms with Crippen molar-refractivity contribution in [3.8, 4) is 0 Å². The standard InChI is InChI=1S/C22H27F6N3O3/c23-21(24,25)16-9-15(10-17(11-16)22(26,27)28)20(33)30-18-3-1-14(2-4-18)12-29-13-19(32)31-5-7-34-8-6-31/h9-11,14,18,29H,1-8,12-13H2,(H,30,33). The lowest BCUT2D eigenvalue weighted by atomic mass is 9.86. The van der Waals surface area contributed by atoms with Crippen molar-refractivity contribution in [1.29, 1.82) is 0 Å². The maximum Gasteiger partial charge on any atom is 0.416 e. The summed E-state index contributed by atoms with van der Waals surface area (Å²) in [5, 5.41) is 5.71. The summed E-state index contributed by atoms with van der Waals surface area (Å²) in [6.07, 6.45) is -7.52. The van der Waals surface area contributed by atoms with E-state index in [1.165, 1.54) is 0 Å². The highest BCUT2D eigenvalue weighted by Gasteiger charge is 2.37. The summed E-state index contributed by atoms with van der Waals surface area (Å²) in [6, 6.07) is 0.526. The van der Waals surface area contributed by atoms with Crippen molar-refractivity contribution in [2.24, 2.45) is 5.92 Å². The SMILES string of the molecule is O=C(NC1CCC(CNCC(=O)N2CCOCC2)CC1)c1cc(C(F)(F)F)cc(C(F)(F)F)c1. The molecule has 1 heterocycles. The first kappa shape index (κ1) is 26.3. The Morgan fingerprint density at radius 3 is 2.00 bits per heavy atom. The van der Waals surface area contributed by atoms with Crippen molar-refractivity contribution in [3.63, 3.8) is 0 Å². The fourth-order valence-electron chi connectivity index (χ4n) is 4.17. The minimum Gasteiger partial charge on any atom is -0.378 e. The molecule has 1 aliphatic carbocycles. The molecule has 2 fully saturated rings. The number of alkyl halides is 6. The minimum absolute atomic E-state index is 0.00120. The van der Waals surface area contributed by atoms with Crippen LogP contribution in [0.3, 0.4) is 0 Å². The zero-order chi connectivity index (χ0) is 24.9. The summed E-state index contributed by atoms with van der Waals surface area (Å²) in [5.41, 5.74) is -3.71. The third-order valence-electron chi connectivity index (χ3n) is 6.10. The molecule has 2 N–H and O–H groups in total. The number of hydrogen-bond acceptors (Lipinski definition) is 4. The monoisotopic (exact) mass is 495 g/mol. The Morgan fingerprint density at radius 2 is 1.47 bits per heavy atom. The Balaban J connectivity index is 1.48. The maximum atomic E-state index is 13.0. The minimum atomic E-state index is -5.01. The van der Waals surface area contributed by atoms with Gasteiger partial charge in [0, 0.05) is 24.7 Å². The van der Waals surface area contributed by atoms with Crippen molar-refractivity contribution in [3.05, 3.63) is 34.9 Å². The zero-order valence-electron chi connectivity index (χ0n) is 18.4. The first-order valence-corrected chi connectivity index (χ1v) is 11.1. The van der Waals surface area contributed by atoms with Gasteiger partial charge in [-0.3, -0.25) is 9.59 Å². The van der Waals surface area contributed by atoms with Gasteiger partial charge in [0.2, 0.25) is 5.91 Å². The normalized spacial score (nSPS) is 21.9. The highest BCUT2D eigenvalue weighted by molar-refractivity contribution is 5.94. The smallest absolute Gasteiger partial charge is 0.378 e. The largest absolute Gasteiger partial charge is 0.416 e. The predicted molar refractivity (Wildman–Crippen MR) is 110 cm³/mol. The summed E-state index contributed by atoms with van der Waals surface area (Å²) in [6.45, 7) is 3.02. The predicted octanol–water partition coefficient (Wildman–Crippen LogP) is 3.46. The number of nitrogens with zero attached hydrogens (tertiary/aromatic N) is 1. The summed E-state index contributed by atoms with van der Waals surface area (Å²) >= 11 is 0. The van der Waals surface area contributed by atoms with Gasteiger partial charge in [-0.25, -0.2) is 0 Å². The summed E-state index contributed by atoms with van der Waals surface area (Å²) in [4.78, 5) is 26.3. The van der Waals surface area contributed by atoms with E-state index in [-0.39, 0.29) is 30.5 Å². The van der Waals surface area contributed by atoms with Crippen LogP contribution in [0.2, 0.25) is 0 Å². The van der Waals surface area contributed by atoms with Crippen LogP contribution in [0.5, 0.6) is 0 Å². The molecule has 190 valence electrons. The molecule has 0 unspecified atom stereocenters. The number of rotatable bonds is 6. The molecular formula is C22H27F6N3O3. The number of carbonyl (C=O) groups is 2. The number of nitrogens with one attached hydrogen (secondary N) is 2. The molecule has 2 amide bonds. The third-order valence-corrected chi connectivity index (χ3v) is 6.10. The second kappa shape index (κ2) is 10.9. The number of carbonyl (C=O) groups excluding carboxylic acids is 2. The maximum absolute atomic E-state index is 13.0. The molecule has 1 aliphatic heterocycles. The van der Waals surface area contributed by atoms with Crippen LogP contribution >= 0.6 is 0 Å². The van der Waals surface area contributed by atoms with Gasteiger partial charge in [0.15, 0.2) is 0 Å². The second-order valence-electron chi connectivity index (χ2n) is 8.61. The van der Waals surface area contributed by atoms with Crippen molar-refractivity contribution in [1.82, 2.24) is 15.5 Å². The van der Waals surface area contributed by atoms with Crippen LogP contribution in [0.15, 0.2) is 18.2 Å². The summed E-state index contributed by atoms with van der Waals surface area (Å²) < 4.78 is 83.4. The van der Waals surface area contributed by atoms with Crippen LogP contribution in [0, 0.1) is 5.92 Å². The number of amides is 2. The topological polar surface area (TPSA) is 70.7 Å². The van der Waals surface area contributed by atoms with Crippen LogP contribution in [0.4, 0.5) is 26.3 Å². The molecule has 0 spiro atoms. The van der Waals surface area contributed by atoms with Gasteiger partial charge in [-0.15, -0.1) is 0 Å². The van der Waals surface area contributed by atoms with E-state index in [4.69, 9.17) is 4.74 Å². The molecular weight excluding hydrogens is 468 g/mol. The Labute approximate surface area is 193 Å². The molecule has 6 nitrogen and oxygen atoms in total. The first-order valence-electron chi connectivity index (χ1n) is 11.1. The lowest BCUT2D eigenvalue weighted by Crippen LogP contribution is -2.45. The fourth-order valence-corrected chi connectivity index (χ4v) is 4.17. The van der Waals surface area contributed by atoms with Gasteiger partial charge in [-0.1, -0.05) is 0 Å². The molecule has 1 aromatic carbocycles. The van der Waals surface area contributed by atoms with Gasteiger partial charge in [0.1, 0.15) is 0 Å². The van der Waals surface area contributed by atoms with Gasteiger partial charge >= 0.3 is 12.4 Å². The van der Waals surface area contributed by atoms with Crippen LogP contribution in [0.25, 0.3) is 0 Å². The highest BCUT2D eigenvalue weighted by atomic mass is 19.4. The van der Waals surface area contributed by atoms with Gasteiger partial charge in [0.05, 0.1) is 30.9 Å². The van der Waals surface area contributed by atoms with E-state index in [2.05, 4.69) is 10.6 Å². The molecule has 2 aliphatic rings. The molecule has 0 radical (unpaired) electrons. The average Bonchev–Trinajstić information content (AvgIpc) is 2.79. The van der Waals surface area contributed by atoms with E-state index in [0.29, 0.717) is 70.7 Å². The van der Waals surface area contributed by atoms with Crippen molar-refractivity contribution < 1.29 is 40.7 Å². The fraction of sp³-hybridized carbons (Fsp3) is 0.636. The van der Waals surface area contributed by atoms with Gasteiger partial charge in [-0.2, -0.15) is 26.3 Å². The lowest BCUT2D eigenvalue weighted by molar-refractivity contribution is -0.143. The van der Waals surface area contributed by atoms with Gasteiger partial charge in [0.25, 0.3) is 5.91 Å². The van der Waals surface area contributed by atoms with E-state index in [1.807, 2.05) is 0 Å². The van der Waals surface area contributed by atoms with Gasteiger partial charge in [-0.05, 0) is 56.3 Å². The molecule has 12 heteroatoms. The molecule has 1 saturated carbocycles.